The van der Waals surface area contributed by atoms with Gasteiger partial charge < -0.3 is 10.4 Å². The molecule has 8 heteroatoms. The maximum Gasteiger partial charge on any atom is 0.328 e. The van der Waals surface area contributed by atoms with Gasteiger partial charge in [0, 0.05) is 25.5 Å². The second kappa shape index (κ2) is 4.92. The van der Waals surface area contributed by atoms with Gasteiger partial charge in [-0.15, -0.1) is 0 Å². The summed E-state index contributed by atoms with van der Waals surface area (Å²) in [6.07, 6.45) is 3.07. The van der Waals surface area contributed by atoms with Crippen molar-refractivity contribution >= 4 is 17.7 Å². The van der Waals surface area contributed by atoms with E-state index in [1.54, 1.807) is 24.0 Å². The highest BCUT2D eigenvalue weighted by Crippen LogP contribution is 2.11. The molecule has 19 heavy (non-hydrogen) atoms. The Kier molecular flexibility index (Phi) is 3.32. The highest BCUT2D eigenvalue weighted by atomic mass is 16.4. The number of carbonyl (C=O) groups is 2. The van der Waals surface area contributed by atoms with Crippen LogP contribution in [0.25, 0.3) is 0 Å². The first-order valence-corrected chi connectivity index (χ1v) is 5.56. The van der Waals surface area contributed by atoms with E-state index in [4.69, 9.17) is 5.11 Å². The number of anilines is 1. The molecule has 2 aromatic heterocycles. The van der Waals surface area contributed by atoms with Crippen LogP contribution in [0.5, 0.6) is 0 Å². The summed E-state index contributed by atoms with van der Waals surface area (Å²) in [5.74, 6) is -1.12. The number of aliphatic carboxylic acids is 1. The zero-order valence-electron chi connectivity index (χ0n) is 10.4. The van der Waals surface area contributed by atoms with Crippen LogP contribution in [-0.2, 0) is 11.8 Å². The van der Waals surface area contributed by atoms with Crippen LogP contribution in [0.4, 0.5) is 5.82 Å². The van der Waals surface area contributed by atoms with E-state index in [1.807, 2.05) is 0 Å². The molecule has 2 rings (SSSR count). The fourth-order valence-corrected chi connectivity index (χ4v) is 1.57. The van der Waals surface area contributed by atoms with Crippen LogP contribution >= 0.6 is 0 Å². The molecule has 0 fully saturated rings. The molecule has 1 atom stereocenters. The fourth-order valence-electron chi connectivity index (χ4n) is 1.57. The van der Waals surface area contributed by atoms with E-state index in [-0.39, 0.29) is 5.69 Å². The summed E-state index contributed by atoms with van der Waals surface area (Å²) in [7, 11) is 1.73. The van der Waals surface area contributed by atoms with Crippen molar-refractivity contribution in [2.45, 2.75) is 13.0 Å². The van der Waals surface area contributed by atoms with Crippen LogP contribution in [0.2, 0.25) is 0 Å². The van der Waals surface area contributed by atoms with E-state index in [2.05, 4.69) is 15.5 Å². The molecule has 2 heterocycles. The lowest BCUT2D eigenvalue weighted by atomic mass is 10.3. The summed E-state index contributed by atoms with van der Waals surface area (Å²) in [5, 5.41) is 19.4. The van der Waals surface area contributed by atoms with E-state index in [0.29, 0.717) is 5.82 Å². The number of rotatable bonds is 4. The number of aryl methyl sites for hydroxylation is 1. The minimum Gasteiger partial charge on any atom is -0.480 e. The summed E-state index contributed by atoms with van der Waals surface area (Å²) in [6, 6.07) is 2.18. The van der Waals surface area contributed by atoms with Gasteiger partial charge in [-0.2, -0.15) is 10.2 Å². The number of hydrogen-bond donors (Lipinski definition) is 2. The Balaban J connectivity index is 2.20. The smallest absolute Gasteiger partial charge is 0.328 e. The number of carbonyl (C=O) groups excluding carboxylic acids is 1. The van der Waals surface area contributed by atoms with E-state index < -0.39 is 17.9 Å². The second-order valence-corrected chi connectivity index (χ2v) is 4.00. The molecule has 2 aromatic rings. The molecular weight excluding hydrogens is 250 g/mol. The maximum atomic E-state index is 12.0. The van der Waals surface area contributed by atoms with Crippen molar-refractivity contribution in [2.24, 2.45) is 7.05 Å². The van der Waals surface area contributed by atoms with Crippen LogP contribution in [0.15, 0.2) is 24.5 Å². The zero-order chi connectivity index (χ0) is 14.0. The van der Waals surface area contributed by atoms with Gasteiger partial charge in [-0.25, -0.2) is 9.48 Å². The number of hydrogen-bond acceptors (Lipinski definition) is 4. The van der Waals surface area contributed by atoms with Crippen LogP contribution in [-0.4, -0.2) is 36.5 Å². The minimum atomic E-state index is -1.06. The Bertz CT molecular complexity index is 615. The molecule has 0 spiro atoms. The molecule has 2 N–H and O–H groups in total. The zero-order valence-corrected chi connectivity index (χ0v) is 10.4. The van der Waals surface area contributed by atoms with Crippen molar-refractivity contribution in [1.82, 2.24) is 19.6 Å². The maximum absolute atomic E-state index is 12.0. The molecule has 0 radical (unpaired) electrons. The van der Waals surface area contributed by atoms with Gasteiger partial charge in [-0.05, 0) is 13.0 Å². The Morgan fingerprint density at radius 1 is 1.42 bits per heavy atom. The summed E-state index contributed by atoms with van der Waals surface area (Å²) < 4.78 is 2.70. The van der Waals surface area contributed by atoms with Crippen molar-refractivity contribution in [3.05, 3.63) is 30.2 Å². The number of carboxylic acid groups (broad SMARTS) is 1. The molecule has 0 aliphatic rings. The first-order valence-electron chi connectivity index (χ1n) is 5.56. The Labute approximate surface area is 108 Å². The number of nitrogens with one attached hydrogen (secondary N) is 1. The number of amides is 1. The third-order valence-electron chi connectivity index (χ3n) is 2.58. The molecule has 0 aliphatic heterocycles. The van der Waals surface area contributed by atoms with E-state index in [9.17, 15) is 9.59 Å². The molecule has 100 valence electrons. The third kappa shape index (κ3) is 2.62. The van der Waals surface area contributed by atoms with Crippen molar-refractivity contribution in [3.63, 3.8) is 0 Å². The van der Waals surface area contributed by atoms with Gasteiger partial charge >= 0.3 is 5.97 Å². The number of carboxylic acids is 1. The molecule has 0 bridgehead atoms. The predicted octanol–water partition coefficient (Wildman–Crippen LogP) is 0.514. The summed E-state index contributed by atoms with van der Waals surface area (Å²) >= 11 is 0. The Morgan fingerprint density at radius 3 is 2.74 bits per heavy atom. The van der Waals surface area contributed by atoms with Gasteiger partial charge in [-0.1, -0.05) is 0 Å². The molecular formula is C11H13N5O3. The summed E-state index contributed by atoms with van der Waals surface area (Å²) in [4.78, 5) is 22.9. The largest absolute Gasteiger partial charge is 0.480 e. The molecule has 1 unspecified atom stereocenters. The molecule has 0 aromatic carbocycles. The SMILES string of the molecule is CC(C(=O)O)n1nccc1C(=O)Nc1ccn(C)n1. The van der Waals surface area contributed by atoms with Gasteiger partial charge in [0.1, 0.15) is 11.7 Å². The minimum absolute atomic E-state index is 0.167. The molecule has 1 amide bonds. The average molecular weight is 263 g/mol. The van der Waals surface area contributed by atoms with Crippen LogP contribution in [0, 0.1) is 0 Å². The Hall–Kier alpha value is -2.64. The Morgan fingerprint density at radius 2 is 2.16 bits per heavy atom. The molecule has 0 saturated heterocycles. The second-order valence-electron chi connectivity index (χ2n) is 4.00. The number of aromatic nitrogens is 4. The first kappa shape index (κ1) is 12.8. The van der Waals surface area contributed by atoms with Crippen LogP contribution in [0.3, 0.4) is 0 Å². The quantitative estimate of drug-likeness (QED) is 0.837. The highest BCUT2D eigenvalue weighted by molar-refractivity contribution is 6.02. The topological polar surface area (TPSA) is 102 Å². The first-order chi connectivity index (χ1) is 8.99. The van der Waals surface area contributed by atoms with Crippen molar-refractivity contribution < 1.29 is 14.7 Å². The van der Waals surface area contributed by atoms with E-state index in [1.165, 1.54) is 19.2 Å². The lowest BCUT2D eigenvalue weighted by molar-refractivity contribution is -0.140. The van der Waals surface area contributed by atoms with Crippen LogP contribution in [0.1, 0.15) is 23.5 Å². The predicted molar refractivity (Wildman–Crippen MR) is 65.7 cm³/mol. The van der Waals surface area contributed by atoms with Gasteiger partial charge in [0.05, 0.1) is 0 Å². The van der Waals surface area contributed by atoms with Gasteiger partial charge in [0.15, 0.2) is 5.82 Å². The number of nitrogens with zero attached hydrogens (tertiary/aromatic N) is 4. The average Bonchev–Trinajstić information content (AvgIpc) is 2.96. The molecule has 0 aliphatic carbocycles. The van der Waals surface area contributed by atoms with Crippen molar-refractivity contribution in [2.75, 3.05) is 5.32 Å². The lowest BCUT2D eigenvalue weighted by Gasteiger charge is -2.10. The summed E-state index contributed by atoms with van der Waals surface area (Å²) in [6.45, 7) is 1.45. The third-order valence-corrected chi connectivity index (χ3v) is 2.58. The monoisotopic (exact) mass is 263 g/mol. The lowest BCUT2D eigenvalue weighted by Crippen LogP contribution is -2.24. The van der Waals surface area contributed by atoms with Gasteiger partial charge in [0.25, 0.3) is 5.91 Å². The van der Waals surface area contributed by atoms with Crippen molar-refractivity contribution in [3.8, 4) is 0 Å². The highest BCUT2D eigenvalue weighted by Gasteiger charge is 2.21. The van der Waals surface area contributed by atoms with E-state index >= 15 is 0 Å². The van der Waals surface area contributed by atoms with Gasteiger partial charge in [0.2, 0.25) is 0 Å². The molecule has 0 saturated carbocycles. The van der Waals surface area contributed by atoms with E-state index in [0.717, 1.165) is 4.68 Å². The van der Waals surface area contributed by atoms with Crippen LogP contribution < -0.4 is 5.32 Å². The van der Waals surface area contributed by atoms with Crippen molar-refractivity contribution in [1.29, 1.82) is 0 Å². The fraction of sp³-hybridized carbons (Fsp3) is 0.273. The molecule has 8 nitrogen and oxygen atoms in total. The normalized spacial score (nSPS) is 12.1. The standard InChI is InChI=1S/C11H13N5O3/c1-7(11(18)19)16-8(3-5-12-16)10(17)13-9-4-6-15(2)14-9/h3-7H,1-2H3,(H,18,19)(H,13,14,17). The van der Waals surface area contributed by atoms with Gasteiger partial charge in [-0.3, -0.25) is 9.48 Å². The summed E-state index contributed by atoms with van der Waals surface area (Å²) in [5.41, 5.74) is 0.167.